The molecule has 0 fully saturated rings. The first-order valence-corrected chi connectivity index (χ1v) is 8.08. The van der Waals surface area contributed by atoms with Crippen LogP contribution in [0.3, 0.4) is 0 Å². The van der Waals surface area contributed by atoms with Gasteiger partial charge in [0.15, 0.2) is 0 Å². The second-order valence-corrected chi connectivity index (χ2v) is 5.90. The van der Waals surface area contributed by atoms with Gasteiger partial charge in [0.2, 0.25) is 5.91 Å². The molecule has 3 nitrogen and oxygen atoms in total. The molecule has 2 aromatic carbocycles. The van der Waals surface area contributed by atoms with Crippen molar-refractivity contribution in [2.75, 3.05) is 29.6 Å². The minimum absolute atomic E-state index is 0.0296. The van der Waals surface area contributed by atoms with Gasteiger partial charge in [-0.2, -0.15) is 0 Å². The molecule has 4 heteroatoms. The Morgan fingerprint density at radius 1 is 1.18 bits per heavy atom. The summed E-state index contributed by atoms with van der Waals surface area (Å²) in [7, 11) is 1.91. The number of carbonyl (C=O) groups excluding carboxylic acids is 1. The van der Waals surface area contributed by atoms with Crippen molar-refractivity contribution < 1.29 is 4.79 Å². The average Bonchev–Trinajstić information content (AvgIpc) is 2.54. The summed E-state index contributed by atoms with van der Waals surface area (Å²) in [6, 6.07) is 17.7. The van der Waals surface area contributed by atoms with Gasteiger partial charge in [-0.05, 0) is 24.3 Å². The zero-order chi connectivity index (χ0) is 15.8. The van der Waals surface area contributed by atoms with E-state index in [-0.39, 0.29) is 5.91 Å². The lowest BCUT2D eigenvalue weighted by Crippen LogP contribution is -2.30. The van der Waals surface area contributed by atoms with E-state index >= 15 is 0 Å². The number of hydrogen-bond acceptors (Lipinski definition) is 3. The molecule has 22 heavy (non-hydrogen) atoms. The molecule has 0 radical (unpaired) electrons. The lowest BCUT2D eigenvalue weighted by molar-refractivity contribution is -0.114. The van der Waals surface area contributed by atoms with Crippen LogP contribution < -0.4 is 10.2 Å². The molecule has 2 rings (SSSR count). The number of benzene rings is 2. The lowest BCUT2D eigenvalue weighted by atomic mass is 10.3. The van der Waals surface area contributed by atoms with Gasteiger partial charge in [-0.1, -0.05) is 36.4 Å². The van der Waals surface area contributed by atoms with Gasteiger partial charge in [-0.3, -0.25) is 4.79 Å². The van der Waals surface area contributed by atoms with Crippen LogP contribution in [0, 0.1) is 0 Å². The number of rotatable bonds is 7. The van der Waals surface area contributed by atoms with Crippen LogP contribution in [0.25, 0.3) is 0 Å². The van der Waals surface area contributed by atoms with Crippen molar-refractivity contribution in [3.8, 4) is 0 Å². The number of thioether (sulfide) groups is 1. The number of nitrogens with zero attached hydrogens (tertiary/aromatic N) is 1. The average molecular weight is 312 g/mol. The lowest BCUT2D eigenvalue weighted by Gasteiger charge is -2.19. The fraction of sp³-hybridized carbons (Fsp3) is 0.167. The molecule has 0 bridgehead atoms. The van der Waals surface area contributed by atoms with E-state index in [1.165, 1.54) is 0 Å². The van der Waals surface area contributed by atoms with Gasteiger partial charge in [0.05, 0.1) is 12.2 Å². The third-order valence-electron chi connectivity index (χ3n) is 3.10. The summed E-state index contributed by atoms with van der Waals surface area (Å²) in [4.78, 5) is 15.2. The van der Waals surface area contributed by atoms with Crippen molar-refractivity contribution in [2.24, 2.45) is 0 Å². The van der Waals surface area contributed by atoms with Gasteiger partial charge in [0, 0.05) is 23.4 Å². The first-order valence-electron chi connectivity index (χ1n) is 7.09. The maximum absolute atomic E-state index is 12.2. The maximum Gasteiger partial charge on any atom is 0.243 e. The monoisotopic (exact) mass is 312 g/mol. The molecule has 2 aromatic rings. The Kier molecular flexibility index (Phi) is 6.10. The van der Waals surface area contributed by atoms with E-state index in [9.17, 15) is 4.79 Å². The first-order chi connectivity index (χ1) is 10.7. The van der Waals surface area contributed by atoms with Crippen molar-refractivity contribution in [2.45, 2.75) is 4.90 Å². The van der Waals surface area contributed by atoms with Gasteiger partial charge in [-0.25, -0.2) is 0 Å². The van der Waals surface area contributed by atoms with Crippen molar-refractivity contribution >= 4 is 29.0 Å². The fourth-order valence-electron chi connectivity index (χ4n) is 2.02. The van der Waals surface area contributed by atoms with E-state index in [0.29, 0.717) is 6.54 Å². The molecular formula is C18H20N2OS. The predicted octanol–water partition coefficient (Wildman–Crippen LogP) is 4.04. The topological polar surface area (TPSA) is 32.3 Å². The fourth-order valence-corrected chi connectivity index (χ4v) is 2.77. The second-order valence-electron chi connectivity index (χ2n) is 4.84. The number of likely N-dealkylation sites (N-methyl/N-ethyl adjacent to an activating group) is 1. The predicted molar refractivity (Wildman–Crippen MR) is 95.7 cm³/mol. The van der Waals surface area contributed by atoms with Crippen LogP contribution in [0.1, 0.15) is 0 Å². The van der Waals surface area contributed by atoms with E-state index in [2.05, 4.69) is 11.9 Å². The van der Waals surface area contributed by atoms with Gasteiger partial charge in [0.1, 0.15) is 0 Å². The molecule has 0 aromatic heterocycles. The molecule has 0 aliphatic rings. The number of para-hydroxylation sites is 2. The van der Waals surface area contributed by atoms with E-state index < -0.39 is 0 Å². The minimum Gasteiger partial charge on any atom is -0.365 e. The Morgan fingerprint density at radius 3 is 2.59 bits per heavy atom. The number of amides is 1. The van der Waals surface area contributed by atoms with E-state index in [0.717, 1.165) is 22.0 Å². The molecule has 0 aliphatic carbocycles. The molecule has 0 saturated carbocycles. The van der Waals surface area contributed by atoms with Crippen LogP contribution in [-0.2, 0) is 4.79 Å². The minimum atomic E-state index is -0.0296. The summed E-state index contributed by atoms with van der Waals surface area (Å²) >= 11 is 1.66. The standard InChI is InChI=1S/C18H20N2OS/c1-3-13-22-17-12-8-7-11-16(17)19-18(21)14-20(2)15-9-5-4-6-10-15/h3-12H,1,13-14H2,2H3,(H,19,21). The Balaban J connectivity index is 1.99. The number of nitrogens with one attached hydrogen (secondary N) is 1. The molecule has 0 heterocycles. The van der Waals surface area contributed by atoms with E-state index in [4.69, 9.17) is 0 Å². The molecule has 0 unspecified atom stereocenters. The van der Waals surface area contributed by atoms with E-state index in [1.807, 2.05) is 72.6 Å². The third-order valence-corrected chi connectivity index (χ3v) is 4.16. The van der Waals surface area contributed by atoms with Crippen LogP contribution in [0.15, 0.2) is 72.1 Å². The van der Waals surface area contributed by atoms with Crippen molar-refractivity contribution in [1.82, 2.24) is 0 Å². The summed E-state index contributed by atoms with van der Waals surface area (Å²) in [5, 5.41) is 2.98. The Bertz CT molecular complexity index is 628. The van der Waals surface area contributed by atoms with Crippen LogP contribution in [0.2, 0.25) is 0 Å². The summed E-state index contributed by atoms with van der Waals surface area (Å²) in [5.74, 6) is 0.787. The summed E-state index contributed by atoms with van der Waals surface area (Å²) in [6.45, 7) is 4.03. The second kappa shape index (κ2) is 8.29. The first kappa shape index (κ1) is 16.2. The number of carbonyl (C=O) groups is 1. The number of hydrogen-bond donors (Lipinski definition) is 1. The van der Waals surface area contributed by atoms with E-state index in [1.54, 1.807) is 11.8 Å². The Morgan fingerprint density at radius 2 is 1.86 bits per heavy atom. The highest BCUT2D eigenvalue weighted by Gasteiger charge is 2.09. The van der Waals surface area contributed by atoms with Crippen molar-refractivity contribution in [1.29, 1.82) is 0 Å². The molecule has 1 amide bonds. The smallest absolute Gasteiger partial charge is 0.243 e. The molecule has 0 spiro atoms. The molecule has 114 valence electrons. The van der Waals surface area contributed by atoms with Crippen LogP contribution in [-0.4, -0.2) is 25.3 Å². The summed E-state index contributed by atoms with van der Waals surface area (Å²) in [6.07, 6.45) is 1.85. The number of anilines is 2. The van der Waals surface area contributed by atoms with Crippen LogP contribution >= 0.6 is 11.8 Å². The highest BCUT2D eigenvalue weighted by atomic mass is 32.2. The van der Waals surface area contributed by atoms with Gasteiger partial charge >= 0.3 is 0 Å². The van der Waals surface area contributed by atoms with Gasteiger partial charge < -0.3 is 10.2 Å². The molecule has 0 saturated heterocycles. The third kappa shape index (κ3) is 4.67. The zero-order valence-electron chi connectivity index (χ0n) is 12.7. The van der Waals surface area contributed by atoms with Crippen LogP contribution in [0.5, 0.6) is 0 Å². The maximum atomic E-state index is 12.2. The molecular weight excluding hydrogens is 292 g/mol. The van der Waals surface area contributed by atoms with Crippen molar-refractivity contribution in [3.05, 3.63) is 67.3 Å². The molecule has 0 aliphatic heterocycles. The van der Waals surface area contributed by atoms with Crippen molar-refractivity contribution in [3.63, 3.8) is 0 Å². The summed E-state index contributed by atoms with van der Waals surface area (Å²) < 4.78 is 0. The molecule has 0 atom stereocenters. The highest BCUT2D eigenvalue weighted by Crippen LogP contribution is 2.26. The highest BCUT2D eigenvalue weighted by molar-refractivity contribution is 7.99. The SMILES string of the molecule is C=CCSc1ccccc1NC(=O)CN(C)c1ccccc1. The Labute approximate surface area is 136 Å². The van der Waals surface area contributed by atoms with Gasteiger partial charge in [0.25, 0.3) is 0 Å². The normalized spacial score (nSPS) is 10.0. The van der Waals surface area contributed by atoms with Crippen LogP contribution in [0.4, 0.5) is 11.4 Å². The largest absolute Gasteiger partial charge is 0.365 e. The molecule has 1 N–H and O–H groups in total. The van der Waals surface area contributed by atoms with Gasteiger partial charge in [-0.15, -0.1) is 18.3 Å². The Hall–Kier alpha value is -2.20. The zero-order valence-corrected chi connectivity index (χ0v) is 13.5. The quantitative estimate of drug-likeness (QED) is 0.618. The summed E-state index contributed by atoms with van der Waals surface area (Å²) in [5.41, 5.74) is 1.87.